The van der Waals surface area contributed by atoms with Gasteiger partial charge in [0.2, 0.25) is 10.0 Å². The predicted octanol–water partition coefficient (Wildman–Crippen LogP) is 2.88. The fourth-order valence-electron chi connectivity index (χ4n) is 3.61. The fraction of sp³-hybridized carbons (Fsp3) is 0.409. The van der Waals surface area contributed by atoms with E-state index in [0.717, 1.165) is 9.18 Å². The Hall–Kier alpha value is -2.76. The number of ether oxygens (including phenoxy) is 2. The van der Waals surface area contributed by atoms with Gasteiger partial charge in [0.1, 0.15) is 11.0 Å². The Balaban J connectivity index is 1.68. The Bertz CT molecular complexity index is 1140. The molecule has 0 aliphatic carbocycles. The number of nitrogens with zero attached hydrogens (tertiary/aromatic N) is 1. The first-order chi connectivity index (χ1) is 15.7. The second-order valence-electron chi connectivity index (χ2n) is 7.58. The number of esters is 2. The molecular weight excluding hydrogens is 468 g/mol. The van der Waals surface area contributed by atoms with E-state index in [-0.39, 0.29) is 17.0 Å². The van der Waals surface area contributed by atoms with Crippen molar-refractivity contribution >= 4 is 44.2 Å². The van der Waals surface area contributed by atoms with Crippen molar-refractivity contribution in [3.63, 3.8) is 0 Å². The van der Waals surface area contributed by atoms with E-state index >= 15 is 0 Å². The van der Waals surface area contributed by atoms with Crippen molar-refractivity contribution in [2.24, 2.45) is 0 Å². The summed E-state index contributed by atoms with van der Waals surface area (Å²) in [5.41, 5.74) is 0.954. The third kappa shape index (κ3) is 5.43. The zero-order valence-electron chi connectivity index (χ0n) is 18.6. The Morgan fingerprint density at radius 2 is 1.85 bits per heavy atom. The molecule has 1 fully saturated rings. The number of hydrogen-bond acceptors (Lipinski definition) is 8. The van der Waals surface area contributed by atoms with E-state index in [9.17, 15) is 22.8 Å². The average molecular weight is 495 g/mol. The van der Waals surface area contributed by atoms with Gasteiger partial charge in [0.15, 0.2) is 6.61 Å². The third-order valence-electron chi connectivity index (χ3n) is 5.45. The molecule has 11 heteroatoms. The molecule has 1 aromatic carbocycles. The molecule has 33 heavy (non-hydrogen) atoms. The smallest absolute Gasteiger partial charge is 0.341 e. The van der Waals surface area contributed by atoms with E-state index in [2.05, 4.69) is 5.32 Å². The molecular formula is C22H26N2O7S2. The maximum Gasteiger partial charge on any atom is 0.341 e. The molecule has 0 saturated carbocycles. The summed E-state index contributed by atoms with van der Waals surface area (Å²) in [7, 11) is -2.63. The van der Waals surface area contributed by atoms with Gasteiger partial charge in [-0.05, 0) is 50.8 Å². The molecule has 3 rings (SSSR count). The molecule has 1 amide bonds. The summed E-state index contributed by atoms with van der Waals surface area (Å²) in [6, 6.07) is 6.89. The van der Waals surface area contributed by atoms with Crippen molar-refractivity contribution in [3.05, 3.63) is 46.3 Å². The molecule has 9 nitrogen and oxygen atoms in total. The summed E-state index contributed by atoms with van der Waals surface area (Å²) in [6.07, 6.45) is 1.61. The van der Waals surface area contributed by atoms with E-state index in [0.29, 0.717) is 29.8 Å². The van der Waals surface area contributed by atoms with Crippen molar-refractivity contribution in [1.29, 1.82) is 0 Å². The number of benzene rings is 1. The van der Waals surface area contributed by atoms with Gasteiger partial charge in [-0.3, -0.25) is 9.59 Å². The molecule has 0 unspecified atom stereocenters. The minimum atomic E-state index is -3.88. The van der Waals surface area contributed by atoms with Crippen molar-refractivity contribution in [1.82, 2.24) is 4.31 Å². The van der Waals surface area contributed by atoms with Gasteiger partial charge < -0.3 is 14.8 Å². The standard InChI is InChI=1S/C22H26N2O7S2/c1-14-15(2)32-20(19(14)22(27)30-3)23-18(25)13-31-21(26)17-11-7-8-12-24(17)33(28,29)16-9-5-4-6-10-16/h4-6,9-10,17H,7-8,11-13H2,1-3H3,(H,23,25)/t17-/m1/s1. The number of rotatable bonds is 7. The van der Waals surface area contributed by atoms with Crippen LogP contribution in [-0.4, -0.2) is 56.9 Å². The van der Waals surface area contributed by atoms with Gasteiger partial charge in [0, 0.05) is 11.4 Å². The maximum absolute atomic E-state index is 13.0. The number of carbonyl (C=O) groups is 3. The third-order valence-corrected chi connectivity index (χ3v) is 8.49. The lowest BCUT2D eigenvalue weighted by atomic mass is 10.1. The van der Waals surface area contributed by atoms with Crippen molar-refractivity contribution in [2.45, 2.75) is 44.0 Å². The number of thiophene rings is 1. The summed E-state index contributed by atoms with van der Waals surface area (Å²) in [5, 5.41) is 2.89. The van der Waals surface area contributed by atoms with Crippen LogP contribution in [0.5, 0.6) is 0 Å². The fourth-order valence-corrected chi connectivity index (χ4v) is 6.35. The summed E-state index contributed by atoms with van der Waals surface area (Å²) < 4.78 is 37.2. The highest BCUT2D eigenvalue weighted by Gasteiger charge is 2.38. The number of anilines is 1. The number of hydrogen-bond donors (Lipinski definition) is 1. The van der Waals surface area contributed by atoms with E-state index in [4.69, 9.17) is 9.47 Å². The first-order valence-electron chi connectivity index (χ1n) is 10.4. The molecule has 0 bridgehead atoms. The maximum atomic E-state index is 13.0. The molecule has 1 N–H and O–H groups in total. The van der Waals surface area contributed by atoms with Crippen LogP contribution in [0.25, 0.3) is 0 Å². The van der Waals surface area contributed by atoms with E-state index < -0.39 is 40.5 Å². The normalized spacial score (nSPS) is 16.8. The number of aryl methyl sites for hydroxylation is 1. The van der Waals surface area contributed by atoms with Crippen LogP contribution >= 0.6 is 11.3 Å². The second-order valence-corrected chi connectivity index (χ2v) is 10.7. The van der Waals surface area contributed by atoms with Crippen LogP contribution in [0, 0.1) is 13.8 Å². The number of methoxy groups -OCH3 is 1. The summed E-state index contributed by atoms with van der Waals surface area (Å²) >= 11 is 1.22. The van der Waals surface area contributed by atoms with Crippen molar-refractivity contribution in [2.75, 3.05) is 25.6 Å². The molecule has 0 spiro atoms. The number of carbonyl (C=O) groups excluding carboxylic acids is 3. The van der Waals surface area contributed by atoms with Crippen LogP contribution < -0.4 is 5.32 Å². The van der Waals surface area contributed by atoms with Crippen molar-refractivity contribution in [3.8, 4) is 0 Å². The van der Waals surface area contributed by atoms with Crippen molar-refractivity contribution < 1.29 is 32.3 Å². The van der Waals surface area contributed by atoms with E-state index in [1.165, 1.54) is 30.6 Å². The van der Waals surface area contributed by atoms with Crippen LogP contribution in [0.15, 0.2) is 35.2 Å². The van der Waals surface area contributed by atoms with Crippen LogP contribution in [0.1, 0.15) is 40.1 Å². The molecule has 2 aromatic rings. The van der Waals surface area contributed by atoms with Crippen LogP contribution in [0.4, 0.5) is 5.00 Å². The number of amides is 1. The van der Waals surface area contributed by atoms with Gasteiger partial charge in [-0.15, -0.1) is 11.3 Å². The lowest BCUT2D eigenvalue weighted by Gasteiger charge is -2.32. The minimum Gasteiger partial charge on any atom is -0.465 e. The highest BCUT2D eigenvalue weighted by atomic mass is 32.2. The van der Waals surface area contributed by atoms with E-state index in [1.807, 2.05) is 6.92 Å². The number of piperidine rings is 1. The highest BCUT2D eigenvalue weighted by molar-refractivity contribution is 7.89. The largest absolute Gasteiger partial charge is 0.465 e. The molecule has 1 atom stereocenters. The van der Waals surface area contributed by atoms with Gasteiger partial charge in [-0.1, -0.05) is 18.2 Å². The Morgan fingerprint density at radius 3 is 2.52 bits per heavy atom. The molecule has 1 aliphatic rings. The number of nitrogens with one attached hydrogen (secondary N) is 1. The molecule has 1 aromatic heterocycles. The topological polar surface area (TPSA) is 119 Å². The first kappa shape index (κ1) is 24.9. The minimum absolute atomic E-state index is 0.0983. The molecule has 2 heterocycles. The lowest BCUT2D eigenvalue weighted by molar-refractivity contribution is -0.152. The molecule has 1 saturated heterocycles. The zero-order valence-corrected chi connectivity index (χ0v) is 20.3. The lowest BCUT2D eigenvalue weighted by Crippen LogP contribution is -2.48. The number of sulfonamides is 1. The van der Waals surface area contributed by atoms with Gasteiger partial charge in [0.25, 0.3) is 5.91 Å². The quantitative estimate of drug-likeness (QED) is 0.588. The first-order valence-corrected chi connectivity index (χ1v) is 12.6. The molecule has 0 radical (unpaired) electrons. The van der Waals surface area contributed by atoms with E-state index in [1.54, 1.807) is 25.1 Å². The average Bonchev–Trinajstić information content (AvgIpc) is 3.10. The zero-order chi connectivity index (χ0) is 24.2. The van der Waals surface area contributed by atoms with Crippen LogP contribution in [0.3, 0.4) is 0 Å². The monoisotopic (exact) mass is 494 g/mol. The Morgan fingerprint density at radius 1 is 1.15 bits per heavy atom. The van der Waals surface area contributed by atoms with Gasteiger partial charge in [-0.2, -0.15) is 4.31 Å². The Kier molecular flexibility index (Phi) is 7.88. The summed E-state index contributed by atoms with van der Waals surface area (Å²) in [5.74, 6) is -1.99. The van der Waals surface area contributed by atoms with Gasteiger partial charge in [-0.25, -0.2) is 13.2 Å². The second kappa shape index (κ2) is 10.4. The van der Waals surface area contributed by atoms with Gasteiger partial charge in [0.05, 0.1) is 17.6 Å². The summed E-state index contributed by atoms with van der Waals surface area (Å²) in [4.78, 5) is 38.2. The molecule has 178 valence electrons. The molecule has 1 aliphatic heterocycles. The van der Waals surface area contributed by atoms with Gasteiger partial charge >= 0.3 is 11.9 Å². The Labute approximate surface area is 196 Å². The summed E-state index contributed by atoms with van der Waals surface area (Å²) in [6.45, 7) is 3.15. The van der Waals surface area contributed by atoms with Crippen LogP contribution in [-0.2, 0) is 29.1 Å². The van der Waals surface area contributed by atoms with Crippen LogP contribution in [0.2, 0.25) is 0 Å². The SMILES string of the molecule is COC(=O)c1c(NC(=O)COC(=O)[C@H]2CCCCN2S(=O)(=O)c2ccccc2)sc(C)c1C. The predicted molar refractivity (Wildman–Crippen MR) is 123 cm³/mol. The highest BCUT2D eigenvalue weighted by Crippen LogP contribution is 2.33.